The second kappa shape index (κ2) is 7.15. The van der Waals surface area contributed by atoms with Crippen LogP contribution in [-0.2, 0) is 4.74 Å². The molecule has 6 nitrogen and oxygen atoms in total. The lowest BCUT2D eigenvalue weighted by atomic mass is 10.0. The normalized spacial score (nSPS) is 25.5. The summed E-state index contributed by atoms with van der Waals surface area (Å²) in [5.41, 5.74) is 1.51. The molecule has 0 radical (unpaired) electrons. The van der Waals surface area contributed by atoms with Crippen LogP contribution >= 0.6 is 0 Å². The lowest BCUT2D eigenvalue weighted by molar-refractivity contribution is 0.0119. The summed E-state index contributed by atoms with van der Waals surface area (Å²) < 4.78 is 5.45. The van der Waals surface area contributed by atoms with Crippen LogP contribution in [0.5, 0.6) is 0 Å². The Morgan fingerprint density at radius 3 is 2.67 bits per heavy atom. The third-order valence-electron chi connectivity index (χ3n) is 5.09. The maximum absolute atomic E-state index is 13.1. The van der Waals surface area contributed by atoms with Crippen molar-refractivity contribution in [2.45, 2.75) is 39.7 Å². The van der Waals surface area contributed by atoms with E-state index in [9.17, 15) is 4.79 Å². The number of hydrogen-bond donors (Lipinski definition) is 0. The van der Waals surface area contributed by atoms with Crippen molar-refractivity contribution in [1.29, 1.82) is 0 Å². The molecule has 2 atom stereocenters. The molecule has 0 N–H and O–H groups in total. The Morgan fingerprint density at radius 1 is 1.29 bits per heavy atom. The lowest BCUT2D eigenvalue weighted by Gasteiger charge is -2.34. The predicted molar refractivity (Wildman–Crippen MR) is 92.1 cm³/mol. The average molecular weight is 332 g/mol. The average Bonchev–Trinajstić information content (AvgIpc) is 2.96. The van der Waals surface area contributed by atoms with E-state index in [1.165, 1.54) is 0 Å². The first-order chi connectivity index (χ1) is 11.5. The first-order valence-electron chi connectivity index (χ1n) is 8.92. The van der Waals surface area contributed by atoms with Crippen LogP contribution in [-0.4, -0.2) is 71.1 Å². The van der Waals surface area contributed by atoms with E-state index in [2.05, 4.69) is 35.6 Å². The SMILES string of the molecule is Cc1ncc(C(=O)N2C[C@H](C)[C@@H](N3CCOCC3)C2)c(C(C)C)n1. The van der Waals surface area contributed by atoms with Crippen LogP contribution in [0.3, 0.4) is 0 Å². The zero-order valence-corrected chi connectivity index (χ0v) is 15.2. The van der Waals surface area contributed by atoms with E-state index in [0.717, 1.165) is 50.9 Å². The van der Waals surface area contributed by atoms with E-state index in [-0.39, 0.29) is 11.8 Å². The quantitative estimate of drug-likeness (QED) is 0.843. The number of carbonyl (C=O) groups is 1. The zero-order valence-electron chi connectivity index (χ0n) is 15.2. The van der Waals surface area contributed by atoms with Gasteiger partial charge in [0.25, 0.3) is 5.91 Å². The molecule has 24 heavy (non-hydrogen) atoms. The number of hydrogen-bond acceptors (Lipinski definition) is 5. The van der Waals surface area contributed by atoms with Gasteiger partial charge in [0.05, 0.1) is 24.5 Å². The van der Waals surface area contributed by atoms with Crippen LogP contribution in [0.4, 0.5) is 0 Å². The Labute approximate surface area is 144 Å². The first kappa shape index (κ1) is 17.3. The number of aromatic nitrogens is 2. The highest BCUT2D eigenvalue weighted by Crippen LogP contribution is 2.26. The number of aryl methyl sites for hydroxylation is 1. The van der Waals surface area contributed by atoms with Crippen molar-refractivity contribution in [3.05, 3.63) is 23.3 Å². The Balaban J connectivity index is 1.76. The minimum Gasteiger partial charge on any atom is -0.379 e. The van der Waals surface area contributed by atoms with Crippen LogP contribution in [0.1, 0.15) is 48.6 Å². The molecular formula is C18H28N4O2. The Hall–Kier alpha value is -1.53. The number of morpholine rings is 1. The van der Waals surface area contributed by atoms with Gasteiger partial charge in [-0.3, -0.25) is 9.69 Å². The number of rotatable bonds is 3. The van der Waals surface area contributed by atoms with Gasteiger partial charge in [0.1, 0.15) is 5.82 Å². The maximum atomic E-state index is 13.1. The van der Waals surface area contributed by atoms with E-state index < -0.39 is 0 Å². The van der Waals surface area contributed by atoms with E-state index in [1.807, 2.05) is 11.8 Å². The van der Waals surface area contributed by atoms with Crippen molar-refractivity contribution >= 4 is 5.91 Å². The molecule has 132 valence electrons. The van der Waals surface area contributed by atoms with E-state index in [1.54, 1.807) is 6.20 Å². The van der Waals surface area contributed by atoms with Gasteiger partial charge in [-0.1, -0.05) is 20.8 Å². The molecule has 0 spiro atoms. The van der Waals surface area contributed by atoms with E-state index in [4.69, 9.17) is 4.74 Å². The summed E-state index contributed by atoms with van der Waals surface area (Å²) >= 11 is 0. The van der Waals surface area contributed by atoms with Crippen molar-refractivity contribution in [1.82, 2.24) is 19.8 Å². The minimum atomic E-state index is 0.0707. The van der Waals surface area contributed by atoms with Crippen molar-refractivity contribution in [3.63, 3.8) is 0 Å². The summed E-state index contributed by atoms with van der Waals surface area (Å²) in [6, 6.07) is 0.423. The molecule has 6 heteroatoms. The summed E-state index contributed by atoms with van der Waals surface area (Å²) in [6.07, 6.45) is 1.70. The van der Waals surface area contributed by atoms with Crippen LogP contribution < -0.4 is 0 Å². The molecule has 0 saturated carbocycles. The molecule has 0 unspecified atom stereocenters. The van der Waals surface area contributed by atoms with Gasteiger partial charge in [-0.25, -0.2) is 9.97 Å². The van der Waals surface area contributed by atoms with Crippen LogP contribution in [0.15, 0.2) is 6.20 Å². The number of likely N-dealkylation sites (tertiary alicyclic amines) is 1. The molecule has 2 fully saturated rings. The molecule has 2 saturated heterocycles. The highest BCUT2D eigenvalue weighted by Gasteiger charge is 2.37. The van der Waals surface area contributed by atoms with E-state index >= 15 is 0 Å². The number of amides is 1. The smallest absolute Gasteiger partial charge is 0.257 e. The van der Waals surface area contributed by atoms with Gasteiger partial charge in [0.15, 0.2) is 0 Å². The molecule has 2 aliphatic heterocycles. The van der Waals surface area contributed by atoms with Gasteiger partial charge >= 0.3 is 0 Å². The Morgan fingerprint density at radius 2 is 2.00 bits per heavy atom. The summed E-state index contributed by atoms with van der Waals surface area (Å²) in [7, 11) is 0. The molecule has 1 aromatic heterocycles. The van der Waals surface area contributed by atoms with Crippen molar-refractivity contribution in [3.8, 4) is 0 Å². The molecule has 1 amide bonds. The van der Waals surface area contributed by atoms with Crippen LogP contribution in [0.2, 0.25) is 0 Å². The fraction of sp³-hybridized carbons (Fsp3) is 0.722. The number of nitrogens with zero attached hydrogens (tertiary/aromatic N) is 4. The summed E-state index contributed by atoms with van der Waals surface area (Å²) in [5.74, 6) is 1.47. The summed E-state index contributed by atoms with van der Waals surface area (Å²) in [5, 5.41) is 0. The Kier molecular flexibility index (Phi) is 5.15. The molecule has 3 heterocycles. The molecule has 0 bridgehead atoms. The highest BCUT2D eigenvalue weighted by atomic mass is 16.5. The van der Waals surface area contributed by atoms with Gasteiger partial charge in [0, 0.05) is 38.4 Å². The van der Waals surface area contributed by atoms with Gasteiger partial charge in [0.2, 0.25) is 0 Å². The molecule has 1 aromatic rings. The molecule has 2 aliphatic rings. The van der Waals surface area contributed by atoms with Gasteiger partial charge in [-0.2, -0.15) is 0 Å². The maximum Gasteiger partial charge on any atom is 0.257 e. The van der Waals surface area contributed by atoms with Gasteiger partial charge in [-0.05, 0) is 18.8 Å². The van der Waals surface area contributed by atoms with Crippen molar-refractivity contribution in [2.75, 3.05) is 39.4 Å². The fourth-order valence-corrected chi connectivity index (χ4v) is 3.76. The monoisotopic (exact) mass is 332 g/mol. The predicted octanol–water partition coefficient (Wildman–Crippen LogP) is 1.70. The molecule has 0 aliphatic carbocycles. The molecule has 3 rings (SSSR count). The van der Waals surface area contributed by atoms with Gasteiger partial charge in [-0.15, -0.1) is 0 Å². The van der Waals surface area contributed by atoms with Crippen LogP contribution in [0, 0.1) is 12.8 Å². The zero-order chi connectivity index (χ0) is 17.3. The van der Waals surface area contributed by atoms with Crippen LogP contribution in [0.25, 0.3) is 0 Å². The number of ether oxygens (including phenoxy) is 1. The molecular weight excluding hydrogens is 304 g/mol. The topological polar surface area (TPSA) is 58.6 Å². The summed E-state index contributed by atoms with van der Waals surface area (Å²) in [4.78, 5) is 26.3. The highest BCUT2D eigenvalue weighted by molar-refractivity contribution is 5.95. The second-order valence-corrected chi connectivity index (χ2v) is 7.27. The van der Waals surface area contributed by atoms with E-state index in [0.29, 0.717) is 17.5 Å². The van der Waals surface area contributed by atoms with Crippen molar-refractivity contribution in [2.24, 2.45) is 5.92 Å². The minimum absolute atomic E-state index is 0.0707. The fourth-order valence-electron chi connectivity index (χ4n) is 3.76. The molecule has 0 aromatic carbocycles. The lowest BCUT2D eigenvalue weighted by Crippen LogP contribution is -2.47. The third kappa shape index (κ3) is 3.44. The second-order valence-electron chi connectivity index (χ2n) is 7.27. The summed E-state index contributed by atoms with van der Waals surface area (Å²) in [6.45, 7) is 13.3. The standard InChI is InChI=1S/C18H28N4O2/c1-12(2)17-15(9-19-14(4)20-17)18(23)22-10-13(3)16(11-22)21-5-7-24-8-6-21/h9,12-13,16H,5-8,10-11H2,1-4H3/t13-,16-/m0/s1. The third-order valence-corrected chi connectivity index (χ3v) is 5.09. The number of carbonyl (C=O) groups excluding carboxylic acids is 1. The largest absolute Gasteiger partial charge is 0.379 e. The Bertz CT molecular complexity index is 599. The first-order valence-corrected chi connectivity index (χ1v) is 8.92. The van der Waals surface area contributed by atoms with Crippen molar-refractivity contribution < 1.29 is 9.53 Å². The van der Waals surface area contributed by atoms with Gasteiger partial charge < -0.3 is 9.64 Å².